The van der Waals surface area contributed by atoms with E-state index in [1.807, 2.05) is 0 Å². The molecule has 0 saturated carbocycles. The lowest BCUT2D eigenvalue weighted by atomic mass is 10.0. The van der Waals surface area contributed by atoms with E-state index in [9.17, 15) is 0 Å². The zero-order valence-corrected chi connectivity index (χ0v) is 10.9. The van der Waals surface area contributed by atoms with Gasteiger partial charge in [-0.25, -0.2) is 0 Å². The summed E-state index contributed by atoms with van der Waals surface area (Å²) in [5, 5.41) is 3.49. The van der Waals surface area contributed by atoms with Gasteiger partial charge < -0.3 is 10.2 Å². The number of hydrogen-bond donors (Lipinski definition) is 1. The Morgan fingerprint density at radius 1 is 1.33 bits per heavy atom. The van der Waals surface area contributed by atoms with Crippen molar-refractivity contribution in [3.8, 4) is 0 Å². The number of nitrogens with zero attached hydrogens (tertiary/aromatic N) is 1. The lowest BCUT2D eigenvalue weighted by molar-refractivity contribution is 0.198. The van der Waals surface area contributed by atoms with Gasteiger partial charge in [-0.2, -0.15) is 0 Å². The topological polar surface area (TPSA) is 15.3 Å². The Hall–Kier alpha value is -0.0800. The van der Waals surface area contributed by atoms with Crippen LogP contribution < -0.4 is 5.32 Å². The summed E-state index contributed by atoms with van der Waals surface area (Å²) >= 11 is 0. The van der Waals surface area contributed by atoms with Crippen LogP contribution in [0.2, 0.25) is 0 Å². The highest BCUT2D eigenvalue weighted by atomic mass is 15.2. The molecule has 0 bridgehead atoms. The standard InChI is InChI=1S/C13H28N2/c1-5-14-12(4)8-10-15-9-6-7-13(15)11(2)3/h11-14H,5-10H2,1-4H3. The average Bonchev–Trinajstić information content (AvgIpc) is 2.63. The van der Waals surface area contributed by atoms with Crippen LogP contribution in [0.4, 0.5) is 0 Å². The largest absolute Gasteiger partial charge is 0.314 e. The molecule has 15 heavy (non-hydrogen) atoms. The molecule has 0 aromatic heterocycles. The monoisotopic (exact) mass is 212 g/mol. The molecule has 1 N–H and O–H groups in total. The molecule has 1 fully saturated rings. The van der Waals surface area contributed by atoms with E-state index >= 15 is 0 Å². The molecule has 1 aliphatic heterocycles. The summed E-state index contributed by atoms with van der Waals surface area (Å²) in [5.74, 6) is 0.821. The van der Waals surface area contributed by atoms with E-state index < -0.39 is 0 Å². The van der Waals surface area contributed by atoms with Crippen LogP contribution in [0.1, 0.15) is 47.0 Å². The molecule has 2 heteroatoms. The second-order valence-electron chi connectivity index (χ2n) is 5.24. The summed E-state index contributed by atoms with van der Waals surface area (Å²) in [6.45, 7) is 12.9. The van der Waals surface area contributed by atoms with E-state index in [0.29, 0.717) is 6.04 Å². The van der Waals surface area contributed by atoms with Crippen molar-refractivity contribution in [2.75, 3.05) is 19.6 Å². The normalized spacial score (nSPS) is 25.0. The smallest absolute Gasteiger partial charge is 0.0119 e. The Balaban J connectivity index is 2.25. The lowest BCUT2D eigenvalue weighted by Crippen LogP contribution is -2.37. The number of hydrogen-bond acceptors (Lipinski definition) is 2. The summed E-state index contributed by atoms with van der Waals surface area (Å²) in [4.78, 5) is 2.69. The van der Waals surface area contributed by atoms with Crippen molar-refractivity contribution in [3.05, 3.63) is 0 Å². The van der Waals surface area contributed by atoms with Gasteiger partial charge in [-0.05, 0) is 51.7 Å². The summed E-state index contributed by atoms with van der Waals surface area (Å²) in [5.41, 5.74) is 0. The van der Waals surface area contributed by atoms with Gasteiger partial charge in [0.2, 0.25) is 0 Å². The maximum atomic E-state index is 3.49. The van der Waals surface area contributed by atoms with E-state index in [1.165, 1.54) is 32.4 Å². The molecular weight excluding hydrogens is 184 g/mol. The number of nitrogens with one attached hydrogen (secondary N) is 1. The van der Waals surface area contributed by atoms with Crippen LogP contribution in [0.5, 0.6) is 0 Å². The molecule has 0 aliphatic carbocycles. The highest BCUT2D eigenvalue weighted by Gasteiger charge is 2.26. The van der Waals surface area contributed by atoms with Crippen LogP contribution in [-0.4, -0.2) is 36.6 Å². The zero-order valence-electron chi connectivity index (χ0n) is 10.9. The van der Waals surface area contributed by atoms with Crippen molar-refractivity contribution in [1.29, 1.82) is 0 Å². The average molecular weight is 212 g/mol. The molecule has 0 radical (unpaired) electrons. The van der Waals surface area contributed by atoms with Crippen molar-refractivity contribution < 1.29 is 0 Å². The van der Waals surface area contributed by atoms with Gasteiger partial charge in [-0.1, -0.05) is 20.8 Å². The molecule has 0 aromatic rings. The van der Waals surface area contributed by atoms with Gasteiger partial charge in [0.05, 0.1) is 0 Å². The SMILES string of the molecule is CCNC(C)CCN1CCCC1C(C)C. The maximum absolute atomic E-state index is 3.49. The first kappa shape index (κ1) is 13.0. The summed E-state index contributed by atoms with van der Waals surface area (Å²) in [6, 6.07) is 1.52. The van der Waals surface area contributed by atoms with Crippen molar-refractivity contribution in [1.82, 2.24) is 10.2 Å². The molecule has 2 unspecified atom stereocenters. The molecule has 0 amide bonds. The first-order valence-corrected chi connectivity index (χ1v) is 6.62. The third-order valence-corrected chi connectivity index (χ3v) is 3.59. The van der Waals surface area contributed by atoms with Gasteiger partial charge in [0.1, 0.15) is 0 Å². The van der Waals surface area contributed by atoms with Crippen LogP contribution in [0.15, 0.2) is 0 Å². The van der Waals surface area contributed by atoms with Crippen molar-refractivity contribution >= 4 is 0 Å². The Kier molecular flexibility index (Phi) is 5.62. The van der Waals surface area contributed by atoms with Crippen molar-refractivity contribution in [3.63, 3.8) is 0 Å². The van der Waals surface area contributed by atoms with E-state index in [0.717, 1.165) is 18.5 Å². The molecule has 0 aromatic carbocycles. The van der Waals surface area contributed by atoms with Gasteiger partial charge in [0.15, 0.2) is 0 Å². The van der Waals surface area contributed by atoms with Crippen LogP contribution in [0.3, 0.4) is 0 Å². The quantitative estimate of drug-likeness (QED) is 0.728. The summed E-state index contributed by atoms with van der Waals surface area (Å²) in [6.07, 6.45) is 4.10. The van der Waals surface area contributed by atoms with Gasteiger partial charge in [-0.3, -0.25) is 0 Å². The fourth-order valence-electron chi connectivity index (χ4n) is 2.69. The van der Waals surface area contributed by atoms with Gasteiger partial charge in [-0.15, -0.1) is 0 Å². The van der Waals surface area contributed by atoms with E-state index in [-0.39, 0.29) is 0 Å². The summed E-state index contributed by atoms with van der Waals surface area (Å²) in [7, 11) is 0. The Morgan fingerprint density at radius 3 is 2.67 bits per heavy atom. The molecular formula is C13H28N2. The highest BCUT2D eigenvalue weighted by molar-refractivity contribution is 4.82. The van der Waals surface area contributed by atoms with E-state index in [4.69, 9.17) is 0 Å². The molecule has 2 nitrogen and oxygen atoms in total. The van der Waals surface area contributed by atoms with Crippen LogP contribution in [-0.2, 0) is 0 Å². The Labute approximate surface area is 95.4 Å². The van der Waals surface area contributed by atoms with Crippen molar-refractivity contribution in [2.45, 2.75) is 59.0 Å². The minimum absolute atomic E-state index is 0.670. The lowest BCUT2D eigenvalue weighted by Gasteiger charge is -2.28. The molecule has 1 aliphatic rings. The Bertz CT molecular complexity index is 168. The summed E-state index contributed by atoms with van der Waals surface area (Å²) < 4.78 is 0. The van der Waals surface area contributed by atoms with E-state index in [2.05, 4.69) is 37.9 Å². The predicted molar refractivity (Wildman–Crippen MR) is 67.2 cm³/mol. The third-order valence-electron chi connectivity index (χ3n) is 3.59. The van der Waals surface area contributed by atoms with Gasteiger partial charge in [0.25, 0.3) is 0 Å². The van der Waals surface area contributed by atoms with Gasteiger partial charge in [0, 0.05) is 12.1 Å². The van der Waals surface area contributed by atoms with Crippen LogP contribution in [0.25, 0.3) is 0 Å². The second kappa shape index (κ2) is 6.49. The van der Waals surface area contributed by atoms with Crippen LogP contribution >= 0.6 is 0 Å². The zero-order chi connectivity index (χ0) is 11.3. The number of likely N-dealkylation sites (tertiary alicyclic amines) is 1. The molecule has 1 saturated heterocycles. The fourth-order valence-corrected chi connectivity index (χ4v) is 2.69. The predicted octanol–water partition coefficient (Wildman–Crippen LogP) is 2.49. The minimum Gasteiger partial charge on any atom is -0.314 e. The second-order valence-corrected chi connectivity index (χ2v) is 5.24. The molecule has 1 heterocycles. The molecule has 2 atom stereocenters. The van der Waals surface area contributed by atoms with Gasteiger partial charge >= 0.3 is 0 Å². The Morgan fingerprint density at radius 2 is 2.07 bits per heavy atom. The molecule has 90 valence electrons. The molecule has 0 spiro atoms. The third kappa shape index (κ3) is 4.12. The van der Waals surface area contributed by atoms with E-state index in [1.54, 1.807) is 0 Å². The fraction of sp³-hybridized carbons (Fsp3) is 1.00. The molecule has 1 rings (SSSR count). The maximum Gasteiger partial charge on any atom is 0.0119 e. The van der Waals surface area contributed by atoms with Crippen molar-refractivity contribution in [2.24, 2.45) is 5.92 Å². The van der Waals surface area contributed by atoms with Crippen LogP contribution in [0, 0.1) is 5.92 Å². The first-order chi connectivity index (χ1) is 7.15. The number of rotatable bonds is 6. The first-order valence-electron chi connectivity index (χ1n) is 6.62. The highest BCUT2D eigenvalue weighted by Crippen LogP contribution is 2.23. The minimum atomic E-state index is 0.670.